The number of pyridine rings is 1. The number of nitrogens with zero attached hydrogens (tertiary/aromatic N) is 2. The zero-order chi connectivity index (χ0) is 11.5. The van der Waals surface area contributed by atoms with Crippen LogP contribution in [0.2, 0.25) is 0 Å². The predicted molar refractivity (Wildman–Crippen MR) is 61.4 cm³/mol. The smallest absolute Gasteiger partial charge is 0.232 e. The Hall–Kier alpha value is -2.36. The minimum Gasteiger partial charge on any atom is -0.468 e. The summed E-state index contributed by atoms with van der Waals surface area (Å²) in [5.74, 6) is 1.04. The van der Waals surface area contributed by atoms with Crippen LogP contribution in [0.15, 0.2) is 47.2 Å². The van der Waals surface area contributed by atoms with Crippen molar-refractivity contribution in [2.45, 2.75) is 6.61 Å². The minimum atomic E-state index is 0.270. The normalized spacial score (nSPS) is 10.6. The van der Waals surface area contributed by atoms with E-state index in [9.17, 15) is 0 Å². The van der Waals surface area contributed by atoms with Gasteiger partial charge in [0.05, 0.1) is 6.20 Å². The molecule has 17 heavy (non-hydrogen) atoms. The SMILES string of the molecule is [c]1nc(OCc2ncco2)cc2ccccc12. The van der Waals surface area contributed by atoms with Gasteiger partial charge < -0.3 is 9.15 Å². The molecule has 4 nitrogen and oxygen atoms in total. The van der Waals surface area contributed by atoms with Crippen molar-refractivity contribution >= 4 is 10.8 Å². The molecule has 0 unspecified atom stereocenters. The minimum absolute atomic E-state index is 0.270. The van der Waals surface area contributed by atoms with Crippen LogP contribution < -0.4 is 4.74 Å². The molecule has 0 aliphatic rings. The molecule has 3 aromatic rings. The molecule has 0 bridgehead atoms. The van der Waals surface area contributed by atoms with Crippen molar-refractivity contribution in [2.75, 3.05) is 0 Å². The van der Waals surface area contributed by atoms with Crippen LogP contribution in [0.5, 0.6) is 5.88 Å². The van der Waals surface area contributed by atoms with Crippen LogP contribution in [0.3, 0.4) is 0 Å². The van der Waals surface area contributed by atoms with Gasteiger partial charge in [-0.15, -0.1) is 0 Å². The summed E-state index contributed by atoms with van der Waals surface area (Å²) in [6, 6.07) is 9.74. The predicted octanol–water partition coefficient (Wildman–Crippen LogP) is 2.60. The van der Waals surface area contributed by atoms with Gasteiger partial charge in [0.1, 0.15) is 12.5 Å². The summed E-state index contributed by atoms with van der Waals surface area (Å²) in [7, 11) is 0. The van der Waals surface area contributed by atoms with E-state index in [4.69, 9.17) is 9.15 Å². The molecule has 83 valence electrons. The fourth-order valence-electron chi connectivity index (χ4n) is 1.54. The number of rotatable bonds is 3. The van der Waals surface area contributed by atoms with Crippen LogP contribution in [-0.2, 0) is 6.61 Å². The third-order valence-electron chi connectivity index (χ3n) is 2.35. The Morgan fingerprint density at radius 2 is 2.24 bits per heavy atom. The Balaban J connectivity index is 1.81. The second-order valence-electron chi connectivity index (χ2n) is 3.51. The van der Waals surface area contributed by atoms with E-state index >= 15 is 0 Å². The molecule has 4 heteroatoms. The van der Waals surface area contributed by atoms with E-state index < -0.39 is 0 Å². The van der Waals surface area contributed by atoms with Crippen molar-refractivity contribution in [2.24, 2.45) is 0 Å². The molecule has 0 spiro atoms. The van der Waals surface area contributed by atoms with Gasteiger partial charge in [0.25, 0.3) is 0 Å². The second kappa shape index (κ2) is 4.25. The molecule has 2 aromatic heterocycles. The summed E-state index contributed by atoms with van der Waals surface area (Å²) in [5.41, 5.74) is 0. The average Bonchev–Trinajstić information content (AvgIpc) is 2.89. The van der Waals surface area contributed by atoms with Crippen LogP contribution in [0, 0.1) is 6.20 Å². The highest BCUT2D eigenvalue weighted by Crippen LogP contribution is 2.17. The molecule has 0 aliphatic carbocycles. The number of hydrogen-bond acceptors (Lipinski definition) is 4. The second-order valence-corrected chi connectivity index (χ2v) is 3.51. The van der Waals surface area contributed by atoms with Gasteiger partial charge in [-0.2, -0.15) is 0 Å². The topological polar surface area (TPSA) is 48.2 Å². The largest absolute Gasteiger partial charge is 0.468 e. The summed E-state index contributed by atoms with van der Waals surface area (Å²) in [6.45, 7) is 0.270. The quantitative estimate of drug-likeness (QED) is 0.687. The molecule has 3 rings (SSSR count). The van der Waals surface area contributed by atoms with Gasteiger partial charge >= 0.3 is 0 Å². The summed E-state index contributed by atoms with van der Waals surface area (Å²) >= 11 is 0. The Morgan fingerprint density at radius 1 is 1.29 bits per heavy atom. The Labute approximate surface area is 97.9 Å². The molecule has 0 N–H and O–H groups in total. The van der Waals surface area contributed by atoms with E-state index in [-0.39, 0.29) is 6.61 Å². The third kappa shape index (κ3) is 2.10. The molecule has 0 aliphatic heterocycles. The van der Waals surface area contributed by atoms with E-state index in [1.807, 2.05) is 30.3 Å². The monoisotopic (exact) mass is 225 g/mol. The highest BCUT2D eigenvalue weighted by molar-refractivity contribution is 5.81. The van der Waals surface area contributed by atoms with Crippen LogP contribution in [0.25, 0.3) is 10.8 Å². The maximum absolute atomic E-state index is 5.46. The lowest BCUT2D eigenvalue weighted by Crippen LogP contribution is -1.97. The number of fused-ring (bicyclic) bond motifs is 1. The third-order valence-corrected chi connectivity index (χ3v) is 2.35. The van der Waals surface area contributed by atoms with Crippen LogP contribution in [0.4, 0.5) is 0 Å². The number of oxazole rings is 1. The lowest BCUT2D eigenvalue weighted by molar-refractivity contribution is 0.254. The zero-order valence-electron chi connectivity index (χ0n) is 8.96. The number of ether oxygens (including phenoxy) is 1. The van der Waals surface area contributed by atoms with E-state index in [1.165, 1.54) is 6.26 Å². The van der Waals surface area contributed by atoms with Gasteiger partial charge in [0.15, 0.2) is 6.61 Å². The fourth-order valence-corrected chi connectivity index (χ4v) is 1.54. The zero-order valence-corrected chi connectivity index (χ0v) is 8.96. The molecule has 1 aromatic carbocycles. The van der Waals surface area contributed by atoms with Crippen LogP contribution in [0.1, 0.15) is 5.89 Å². The van der Waals surface area contributed by atoms with Crippen LogP contribution in [-0.4, -0.2) is 9.97 Å². The van der Waals surface area contributed by atoms with Crippen molar-refractivity contribution in [3.8, 4) is 5.88 Å². The van der Waals surface area contributed by atoms with E-state index in [0.717, 1.165) is 10.8 Å². The Morgan fingerprint density at radius 3 is 3.12 bits per heavy atom. The maximum atomic E-state index is 5.46. The van der Waals surface area contributed by atoms with Crippen molar-refractivity contribution in [3.63, 3.8) is 0 Å². The first-order chi connectivity index (χ1) is 8.42. The lowest BCUT2D eigenvalue weighted by Gasteiger charge is -2.03. The highest BCUT2D eigenvalue weighted by atomic mass is 16.5. The summed E-state index contributed by atoms with van der Waals surface area (Å²) in [6.07, 6.45) is 6.02. The van der Waals surface area contributed by atoms with Crippen molar-refractivity contribution in [3.05, 3.63) is 54.9 Å². The summed E-state index contributed by atoms with van der Waals surface area (Å²) < 4.78 is 10.5. The molecule has 0 atom stereocenters. The Bertz CT molecular complexity index is 620. The standard InChI is InChI=1S/C13H9N2O2/c1-2-4-11-8-15-12(7-10(11)3-1)17-9-13-14-5-6-16-13/h1-7H,9H2. The van der Waals surface area contributed by atoms with E-state index in [0.29, 0.717) is 11.8 Å². The molecule has 0 saturated carbocycles. The Kier molecular flexibility index (Phi) is 2.46. The molecule has 2 heterocycles. The van der Waals surface area contributed by atoms with E-state index in [2.05, 4.69) is 16.2 Å². The van der Waals surface area contributed by atoms with Gasteiger partial charge in [0.2, 0.25) is 11.8 Å². The van der Waals surface area contributed by atoms with Crippen LogP contribution >= 0.6 is 0 Å². The lowest BCUT2D eigenvalue weighted by atomic mass is 10.2. The highest BCUT2D eigenvalue weighted by Gasteiger charge is 2.02. The van der Waals surface area contributed by atoms with Crippen molar-refractivity contribution < 1.29 is 9.15 Å². The van der Waals surface area contributed by atoms with Crippen molar-refractivity contribution in [1.29, 1.82) is 0 Å². The van der Waals surface area contributed by atoms with Gasteiger partial charge in [-0.3, -0.25) is 0 Å². The molecule has 0 fully saturated rings. The molecular weight excluding hydrogens is 216 g/mol. The fraction of sp³-hybridized carbons (Fsp3) is 0.0769. The summed E-state index contributed by atoms with van der Waals surface area (Å²) in [4.78, 5) is 8.05. The van der Waals surface area contributed by atoms with Crippen molar-refractivity contribution in [1.82, 2.24) is 9.97 Å². The number of aromatic nitrogens is 2. The van der Waals surface area contributed by atoms with Gasteiger partial charge in [-0.05, 0) is 5.39 Å². The van der Waals surface area contributed by atoms with Gasteiger partial charge in [0, 0.05) is 11.5 Å². The molecule has 0 amide bonds. The molecular formula is C13H9N2O2. The first-order valence-electron chi connectivity index (χ1n) is 5.20. The van der Waals surface area contributed by atoms with Gasteiger partial charge in [-0.1, -0.05) is 24.3 Å². The molecule has 0 saturated heterocycles. The number of benzene rings is 1. The summed E-state index contributed by atoms with van der Waals surface area (Å²) in [5, 5.41) is 2.01. The van der Waals surface area contributed by atoms with Gasteiger partial charge in [-0.25, -0.2) is 9.97 Å². The molecule has 1 radical (unpaired) electrons. The maximum Gasteiger partial charge on any atom is 0.232 e. The first-order valence-corrected chi connectivity index (χ1v) is 5.20. The average molecular weight is 225 g/mol. The first kappa shape index (κ1) is 9.84. The number of hydrogen-bond donors (Lipinski definition) is 0. The van der Waals surface area contributed by atoms with E-state index in [1.54, 1.807) is 6.20 Å².